The van der Waals surface area contributed by atoms with Gasteiger partial charge in [0.2, 0.25) is 26.3 Å². The molecule has 27 heavy (non-hydrogen) atoms. The highest BCUT2D eigenvalue weighted by Crippen LogP contribution is 2.15. The number of hydrogen-bond donors (Lipinski definition) is 0. The Morgan fingerprint density at radius 2 is 1.85 bits per heavy atom. The van der Waals surface area contributed by atoms with E-state index in [0.717, 1.165) is 10.2 Å². The molecular formula is C16H30O6SSi4. The average molecular weight is 463 g/mol. The summed E-state index contributed by atoms with van der Waals surface area (Å²) in [5.41, 5.74) is 0.267. The predicted molar refractivity (Wildman–Crippen MR) is 118 cm³/mol. The van der Waals surface area contributed by atoms with Crippen LogP contribution < -0.4 is 0 Å². The summed E-state index contributed by atoms with van der Waals surface area (Å²) in [6.07, 6.45) is 0. The van der Waals surface area contributed by atoms with E-state index in [0.29, 0.717) is 25.3 Å². The highest BCUT2D eigenvalue weighted by Gasteiger charge is 2.27. The van der Waals surface area contributed by atoms with Crippen LogP contribution in [0.3, 0.4) is 0 Å². The van der Waals surface area contributed by atoms with Crippen molar-refractivity contribution in [3.05, 3.63) is 23.6 Å². The minimum Gasteiger partial charge on any atom is -0.456 e. The van der Waals surface area contributed by atoms with E-state index in [1.165, 1.54) is 6.92 Å². The number of ether oxygens (including phenoxy) is 2. The molecule has 0 aliphatic rings. The normalized spacial score (nSPS) is 12.6. The van der Waals surface area contributed by atoms with E-state index in [9.17, 15) is 9.59 Å². The second-order valence-corrected chi connectivity index (χ2v) is 17.7. The largest absolute Gasteiger partial charge is 0.456 e. The second-order valence-electron chi connectivity index (χ2n) is 6.71. The molecule has 0 fully saturated rings. The number of hydrogen-bond acceptors (Lipinski definition) is 7. The van der Waals surface area contributed by atoms with Crippen molar-refractivity contribution in [3.8, 4) is 0 Å². The third-order valence-electron chi connectivity index (χ3n) is 3.14. The molecule has 0 spiro atoms. The van der Waals surface area contributed by atoms with Crippen molar-refractivity contribution in [1.82, 2.24) is 0 Å². The Morgan fingerprint density at radius 1 is 1.22 bits per heavy atom. The van der Waals surface area contributed by atoms with Crippen molar-refractivity contribution in [2.24, 2.45) is 5.92 Å². The summed E-state index contributed by atoms with van der Waals surface area (Å²) >= 11 is 1.64. The standard InChI is InChI=1S/C16H30O6SSi4/c1-12(2)15(17)19-10-20-16(18)13(3)9-23-11-24-22-27(7,8)14(4)25-21-26(5)6/h13,26H,1,4,9-11H2,2-3,5-8H3. The van der Waals surface area contributed by atoms with Crippen molar-refractivity contribution in [2.45, 2.75) is 40.0 Å². The third kappa shape index (κ3) is 12.6. The maximum absolute atomic E-state index is 11.8. The van der Waals surface area contributed by atoms with Crippen molar-refractivity contribution in [3.63, 3.8) is 0 Å². The molecule has 0 bridgehead atoms. The maximum atomic E-state index is 11.8. The molecule has 1 atom stereocenters. The van der Waals surface area contributed by atoms with Crippen LogP contribution in [0.25, 0.3) is 0 Å². The van der Waals surface area contributed by atoms with Crippen molar-refractivity contribution < 1.29 is 27.3 Å². The number of rotatable bonds is 14. The Labute approximate surface area is 175 Å². The zero-order valence-electron chi connectivity index (χ0n) is 17.0. The molecule has 0 N–H and O–H groups in total. The fourth-order valence-electron chi connectivity index (χ4n) is 1.34. The molecule has 0 aliphatic carbocycles. The van der Waals surface area contributed by atoms with Crippen LogP contribution in [0.2, 0.25) is 26.2 Å². The van der Waals surface area contributed by atoms with Gasteiger partial charge >= 0.3 is 11.9 Å². The van der Waals surface area contributed by atoms with E-state index >= 15 is 0 Å². The summed E-state index contributed by atoms with van der Waals surface area (Å²) in [5.74, 6) is -0.621. The molecule has 11 heteroatoms. The van der Waals surface area contributed by atoms with Gasteiger partial charge in [0, 0.05) is 16.7 Å². The molecule has 0 aromatic rings. The molecule has 4 radical (unpaired) electrons. The van der Waals surface area contributed by atoms with Gasteiger partial charge in [0.1, 0.15) is 0 Å². The van der Waals surface area contributed by atoms with Gasteiger partial charge in [-0.05, 0) is 37.9 Å². The highest BCUT2D eigenvalue weighted by molar-refractivity contribution is 8.00. The van der Waals surface area contributed by atoms with E-state index in [-0.39, 0.29) is 24.3 Å². The predicted octanol–water partition coefficient (Wildman–Crippen LogP) is 2.45. The smallest absolute Gasteiger partial charge is 0.335 e. The van der Waals surface area contributed by atoms with E-state index in [1.54, 1.807) is 18.7 Å². The highest BCUT2D eigenvalue weighted by atomic mass is 32.2. The Kier molecular flexibility index (Phi) is 13.5. The number of carbonyl (C=O) groups excluding carboxylic acids is 2. The van der Waals surface area contributed by atoms with Gasteiger partial charge in [0.25, 0.3) is 0 Å². The summed E-state index contributed by atoms with van der Waals surface area (Å²) in [4.78, 5) is 24.1. The maximum Gasteiger partial charge on any atom is 0.335 e. The van der Waals surface area contributed by atoms with E-state index in [1.807, 2.05) is 0 Å². The fourth-order valence-corrected chi connectivity index (χ4v) is 8.82. The van der Waals surface area contributed by atoms with Gasteiger partial charge in [-0.25, -0.2) is 4.79 Å². The van der Waals surface area contributed by atoms with Gasteiger partial charge in [-0.3, -0.25) is 4.79 Å². The summed E-state index contributed by atoms with van der Waals surface area (Å²) in [6, 6.07) is 0. The van der Waals surface area contributed by atoms with Crippen molar-refractivity contribution in [1.29, 1.82) is 0 Å². The van der Waals surface area contributed by atoms with E-state index in [2.05, 4.69) is 39.3 Å². The molecule has 0 saturated carbocycles. The van der Waals surface area contributed by atoms with Crippen LogP contribution in [0.1, 0.15) is 13.8 Å². The first-order chi connectivity index (χ1) is 12.5. The third-order valence-corrected chi connectivity index (χ3v) is 14.0. The molecule has 152 valence electrons. The van der Waals surface area contributed by atoms with Gasteiger partial charge in [-0.2, -0.15) is 11.8 Å². The Hall–Kier alpha value is -0.442. The molecule has 0 amide bonds. The molecule has 0 saturated heterocycles. The monoisotopic (exact) mass is 462 g/mol. The number of carbonyl (C=O) groups is 2. The van der Waals surface area contributed by atoms with Crippen LogP contribution in [-0.4, -0.2) is 66.7 Å². The first-order valence-electron chi connectivity index (χ1n) is 8.56. The van der Waals surface area contributed by atoms with Crippen LogP contribution in [-0.2, 0) is 27.3 Å². The molecule has 0 aromatic carbocycles. The SMILES string of the molecule is C=C(C)C(=O)OCOC(=O)C(C)CSC[Si]O[Si](C)(C)C(=C)[Si]O[SiH](C)C. The number of esters is 2. The Morgan fingerprint density at radius 3 is 2.41 bits per heavy atom. The molecule has 0 aromatic heterocycles. The van der Waals surface area contributed by atoms with E-state index < -0.39 is 23.3 Å². The topological polar surface area (TPSA) is 71.1 Å². The van der Waals surface area contributed by atoms with Crippen LogP contribution in [0, 0.1) is 5.92 Å². The summed E-state index contributed by atoms with van der Waals surface area (Å²) < 4.78 is 21.5. The summed E-state index contributed by atoms with van der Waals surface area (Å²) in [5, 5.41) is 0.814. The van der Waals surface area contributed by atoms with Gasteiger partial charge in [-0.15, -0.1) is 6.58 Å². The summed E-state index contributed by atoms with van der Waals surface area (Å²) in [6.45, 7) is 19.1. The van der Waals surface area contributed by atoms with Crippen molar-refractivity contribution >= 4 is 60.6 Å². The molecule has 1 unspecified atom stereocenters. The van der Waals surface area contributed by atoms with Crippen molar-refractivity contribution in [2.75, 3.05) is 17.9 Å². The molecular weight excluding hydrogens is 433 g/mol. The van der Waals surface area contributed by atoms with Crippen LogP contribution in [0.4, 0.5) is 0 Å². The lowest BCUT2D eigenvalue weighted by atomic mass is 10.2. The number of thioether (sulfide) groups is 1. The van der Waals surface area contributed by atoms with Crippen LogP contribution >= 0.6 is 11.8 Å². The van der Waals surface area contributed by atoms with Gasteiger partial charge in [0.05, 0.1) is 5.92 Å². The quantitative estimate of drug-likeness (QED) is 0.129. The first kappa shape index (κ1) is 26.6. The van der Waals surface area contributed by atoms with Gasteiger partial charge in [0.15, 0.2) is 17.4 Å². The lowest BCUT2D eigenvalue weighted by Crippen LogP contribution is -2.39. The molecule has 0 aliphatic heterocycles. The summed E-state index contributed by atoms with van der Waals surface area (Å²) in [7, 11) is -2.29. The lowest BCUT2D eigenvalue weighted by molar-refractivity contribution is -0.166. The van der Waals surface area contributed by atoms with Gasteiger partial charge in [-0.1, -0.05) is 13.5 Å². The molecule has 0 rings (SSSR count). The minimum absolute atomic E-state index is 0.267. The second kappa shape index (κ2) is 13.7. The Balaban J connectivity index is 3.95. The first-order valence-corrected chi connectivity index (χ1v) is 17.4. The zero-order chi connectivity index (χ0) is 21.0. The van der Waals surface area contributed by atoms with E-state index in [4.69, 9.17) is 17.7 Å². The molecule has 0 heterocycles. The molecule has 6 nitrogen and oxygen atoms in total. The minimum atomic E-state index is -1.94. The Bertz CT molecular complexity index is 527. The van der Waals surface area contributed by atoms with Crippen LogP contribution in [0.5, 0.6) is 0 Å². The van der Waals surface area contributed by atoms with Gasteiger partial charge < -0.3 is 17.7 Å². The fraction of sp³-hybridized carbons (Fsp3) is 0.625. The average Bonchev–Trinajstić information content (AvgIpc) is 2.58. The van der Waals surface area contributed by atoms with Crippen LogP contribution in [0.15, 0.2) is 23.6 Å². The lowest BCUT2D eigenvalue weighted by Gasteiger charge is -2.25. The zero-order valence-corrected chi connectivity index (χ0v) is 22.0.